The predicted octanol–water partition coefficient (Wildman–Crippen LogP) is 4.46. The van der Waals surface area contributed by atoms with Gasteiger partial charge in [0.1, 0.15) is 0 Å². The van der Waals surface area contributed by atoms with E-state index in [0.717, 1.165) is 34.4 Å². The van der Waals surface area contributed by atoms with E-state index >= 15 is 0 Å². The molecule has 1 aromatic heterocycles. The highest BCUT2D eigenvalue weighted by molar-refractivity contribution is 6.04. The number of aromatic nitrogens is 2. The zero-order valence-corrected chi connectivity index (χ0v) is 19.2. The Kier molecular flexibility index (Phi) is 7.50. The van der Waals surface area contributed by atoms with Gasteiger partial charge in [0.25, 0.3) is 5.91 Å². The Hall–Kier alpha value is -4.19. The van der Waals surface area contributed by atoms with Gasteiger partial charge in [0.05, 0.1) is 17.6 Å². The van der Waals surface area contributed by atoms with Gasteiger partial charge in [0, 0.05) is 36.8 Å². The number of rotatable bonds is 9. The van der Waals surface area contributed by atoms with E-state index in [0.29, 0.717) is 19.5 Å². The number of carbonyl (C=O) groups excluding carboxylic acids is 2. The first-order valence-corrected chi connectivity index (χ1v) is 11.5. The number of aryl methyl sites for hydroxylation is 1. The van der Waals surface area contributed by atoms with Gasteiger partial charge in [-0.25, -0.2) is 0 Å². The van der Waals surface area contributed by atoms with E-state index in [1.165, 1.54) is 0 Å². The fourth-order valence-corrected chi connectivity index (χ4v) is 3.88. The molecule has 34 heavy (non-hydrogen) atoms. The van der Waals surface area contributed by atoms with Crippen molar-refractivity contribution >= 4 is 34.5 Å². The van der Waals surface area contributed by atoms with Crippen molar-refractivity contribution in [1.29, 1.82) is 0 Å². The number of benzene rings is 3. The summed E-state index contributed by atoms with van der Waals surface area (Å²) < 4.78 is 1.93. The molecule has 0 fully saturated rings. The maximum Gasteiger partial charge on any atom is 0.251 e. The molecule has 3 aromatic carbocycles. The molecule has 4 rings (SSSR count). The average molecular weight is 453 g/mol. The van der Waals surface area contributed by atoms with Crippen LogP contribution in [0.2, 0.25) is 0 Å². The van der Waals surface area contributed by atoms with Gasteiger partial charge in [-0.2, -0.15) is 5.10 Å². The summed E-state index contributed by atoms with van der Waals surface area (Å²) in [6.07, 6.45) is 3.63. The number of hydrogen-bond donors (Lipinski definition) is 1. The van der Waals surface area contributed by atoms with Gasteiger partial charge < -0.3 is 10.2 Å². The lowest BCUT2D eigenvalue weighted by Gasteiger charge is -2.21. The molecule has 0 aliphatic rings. The number of nitrogens with one attached hydrogen (secondary N) is 1. The van der Waals surface area contributed by atoms with E-state index in [2.05, 4.69) is 10.4 Å². The Labute approximate surface area is 199 Å². The zero-order chi connectivity index (χ0) is 23.8. The molecule has 1 N–H and O–H groups in total. The van der Waals surface area contributed by atoms with E-state index in [4.69, 9.17) is 0 Å². The number of nitrogens with zero attached hydrogens (tertiary/aromatic N) is 3. The highest BCUT2D eigenvalue weighted by Crippen LogP contribution is 2.20. The number of carbonyl (C=O) groups is 2. The van der Waals surface area contributed by atoms with Gasteiger partial charge in [-0.05, 0) is 36.8 Å². The fourth-order valence-electron chi connectivity index (χ4n) is 3.88. The summed E-state index contributed by atoms with van der Waals surface area (Å²) in [4.78, 5) is 27.2. The molecule has 6 heteroatoms. The first-order chi connectivity index (χ1) is 16.7. The van der Waals surface area contributed by atoms with Gasteiger partial charge in [0.2, 0.25) is 5.91 Å². The summed E-state index contributed by atoms with van der Waals surface area (Å²) in [6, 6.07) is 27.1. The highest BCUT2D eigenvalue weighted by atomic mass is 16.2. The lowest BCUT2D eigenvalue weighted by atomic mass is 10.1. The van der Waals surface area contributed by atoms with Crippen molar-refractivity contribution in [3.05, 3.63) is 102 Å². The van der Waals surface area contributed by atoms with Crippen molar-refractivity contribution in [3.63, 3.8) is 0 Å². The first kappa shape index (κ1) is 23.0. The molecule has 0 radical (unpaired) electrons. The maximum atomic E-state index is 13.2. The molecule has 0 aliphatic heterocycles. The minimum absolute atomic E-state index is 0.0706. The quantitative estimate of drug-likeness (QED) is 0.381. The van der Waals surface area contributed by atoms with Crippen LogP contribution in [0.1, 0.15) is 18.2 Å². The van der Waals surface area contributed by atoms with Gasteiger partial charge in [-0.1, -0.05) is 66.7 Å². The van der Waals surface area contributed by atoms with Crippen LogP contribution in [0.25, 0.3) is 17.0 Å². The van der Waals surface area contributed by atoms with Crippen LogP contribution in [0.4, 0.5) is 5.69 Å². The summed E-state index contributed by atoms with van der Waals surface area (Å²) in [7, 11) is 0. The Morgan fingerprint density at radius 2 is 1.62 bits per heavy atom. The minimum atomic E-state index is -0.168. The third-order valence-corrected chi connectivity index (χ3v) is 5.57. The SMILES string of the molecule is CCn1nc(/C=C/C(=O)N(CCNC(=O)Cc2ccccc2)c2ccccc2)c2ccccc21. The summed E-state index contributed by atoms with van der Waals surface area (Å²) in [5, 5.41) is 8.57. The number of fused-ring (bicyclic) bond motifs is 1. The van der Waals surface area contributed by atoms with Crippen LogP contribution < -0.4 is 10.2 Å². The molecule has 0 bridgehead atoms. The lowest BCUT2D eigenvalue weighted by molar-refractivity contribution is -0.120. The monoisotopic (exact) mass is 452 g/mol. The van der Waals surface area contributed by atoms with Crippen LogP contribution in [0.3, 0.4) is 0 Å². The second-order valence-corrected chi connectivity index (χ2v) is 7.89. The third-order valence-electron chi connectivity index (χ3n) is 5.57. The van der Waals surface area contributed by atoms with Crippen LogP contribution in [0.5, 0.6) is 0 Å². The summed E-state index contributed by atoms with van der Waals surface area (Å²) in [5.74, 6) is -0.239. The number of hydrogen-bond acceptors (Lipinski definition) is 3. The van der Waals surface area contributed by atoms with Crippen molar-refractivity contribution < 1.29 is 9.59 Å². The molecule has 0 saturated heterocycles. The number of para-hydroxylation sites is 2. The van der Waals surface area contributed by atoms with Crippen molar-refractivity contribution in [3.8, 4) is 0 Å². The highest BCUT2D eigenvalue weighted by Gasteiger charge is 2.14. The molecule has 6 nitrogen and oxygen atoms in total. The zero-order valence-electron chi connectivity index (χ0n) is 19.2. The maximum absolute atomic E-state index is 13.2. The second kappa shape index (κ2) is 11.1. The molecule has 1 heterocycles. The molecule has 172 valence electrons. The summed E-state index contributed by atoms with van der Waals surface area (Å²) >= 11 is 0. The van der Waals surface area contributed by atoms with Crippen LogP contribution in [0, 0.1) is 0 Å². The van der Waals surface area contributed by atoms with Crippen LogP contribution in [-0.2, 0) is 22.6 Å². The van der Waals surface area contributed by atoms with Crippen molar-refractivity contribution in [2.24, 2.45) is 0 Å². The van der Waals surface area contributed by atoms with Crippen LogP contribution >= 0.6 is 0 Å². The minimum Gasteiger partial charge on any atom is -0.354 e. The Morgan fingerprint density at radius 1 is 0.941 bits per heavy atom. The average Bonchev–Trinajstić information content (AvgIpc) is 3.24. The first-order valence-electron chi connectivity index (χ1n) is 11.5. The molecular formula is C28H28N4O2. The smallest absolute Gasteiger partial charge is 0.251 e. The molecular weight excluding hydrogens is 424 g/mol. The normalized spacial score (nSPS) is 11.1. The van der Waals surface area contributed by atoms with Crippen LogP contribution in [-0.4, -0.2) is 34.7 Å². The molecule has 0 spiro atoms. The second-order valence-electron chi connectivity index (χ2n) is 7.89. The van der Waals surface area contributed by atoms with E-state index < -0.39 is 0 Å². The van der Waals surface area contributed by atoms with Gasteiger partial charge in [-0.15, -0.1) is 0 Å². The predicted molar refractivity (Wildman–Crippen MR) is 136 cm³/mol. The topological polar surface area (TPSA) is 67.2 Å². The largest absolute Gasteiger partial charge is 0.354 e. The fraction of sp³-hybridized carbons (Fsp3) is 0.179. The van der Waals surface area contributed by atoms with Crippen molar-refractivity contribution in [2.45, 2.75) is 19.9 Å². The number of anilines is 1. The number of amides is 2. The van der Waals surface area contributed by atoms with E-state index in [1.807, 2.05) is 96.5 Å². The Balaban J connectivity index is 1.46. The van der Waals surface area contributed by atoms with Gasteiger partial charge in [0.15, 0.2) is 0 Å². The molecule has 0 unspecified atom stereocenters. The third kappa shape index (κ3) is 5.59. The Bertz CT molecular complexity index is 1280. The summed E-state index contributed by atoms with van der Waals surface area (Å²) in [5.41, 5.74) is 3.53. The molecule has 4 aromatic rings. The van der Waals surface area contributed by atoms with Crippen molar-refractivity contribution in [1.82, 2.24) is 15.1 Å². The summed E-state index contributed by atoms with van der Waals surface area (Å²) in [6.45, 7) is 3.51. The van der Waals surface area contributed by atoms with E-state index in [1.54, 1.807) is 17.1 Å². The molecule has 2 amide bonds. The molecule has 0 atom stereocenters. The molecule has 0 saturated carbocycles. The van der Waals surface area contributed by atoms with Crippen molar-refractivity contribution in [2.75, 3.05) is 18.0 Å². The molecule has 0 aliphatic carbocycles. The van der Waals surface area contributed by atoms with Gasteiger partial charge >= 0.3 is 0 Å². The van der Waals surface area contributed by atoms with Crippen LogP contribution in [0.15, 0.2) is 91.0 Å². The Morgan fingerprint density at radius 3 is 2.35 bits per heavy atom. The standard InChI is InChI=1S/C28H28N4O2/c1-2-32-26-16-10-9-15-24(26)25(30-32)17-18-28(34)31(23-13-7-4-8-14-23)20-19-29-27(33)21-22-11-5-3-6-12-22/h3-18H,2,19-21H2,1H3,(H,29,33)/b18-17+. The van der Waals surface area contributed by atoms with E-state index in [9.17, 15) is 9.59 Å². The lowest BCUT2D eigenvalue weighted by Crippen LogP contribution is -2.38. The van der Waals surface area contributed by atoms with Gasteiger partial charge in [-0.3, -0.25) is 14.3 Å². The van der Waals surface area contributed by atoms with E-state index in [-0.39, 0.29) is 11.8 Å².